The fourth-order valence-corrected chi connectivity index (χ4v) is 2.58. The Morgan fingerprint density at radius 2 is 2.18 bits per heavy atom. The molecule has 0 saturated heterocycles. The fourth-order valence-electron chi connectivity index (χ4n) is 2.58. The maximum absolute atomic E-state index is 13.2. The van der Waals surface area contributed by atoms with Gasteiger partial charge >= 0.3 is 5.97 Å². The van der Waals surface area contributed by atoms with Gasteiger partial charge in [0.05, 0.1) is 18.0 Å². The molecule has 0 amide bonds. The first-order valence-electron chi connectivity index (χ1n) is 7.08. The summed E-state index contributed by atoms with van der Waals surface area (Å²) in [5.74, 6) is -0.695. The molecule has 2 heterocycles. The maximum atomic E-state index is 13.2. The first-order chi connectivity index (χ1) is 10.6. The van der Waals surface area contributed by atoms with Gasteiger partial charge in [-0.15, -0.1) is 0 Å². The van der Waals surface area contributed by atoms with Crippen LogP contribution in [0, 0.1) is 12.7 Å². The van der Waals surface area contributed by atoms with Crippen LogP contribution in [0.3, 0.4) is 0 Å². The number of aromatic nitrogens is 1. The number of hydrogen-bond donors (Lipinski definition) is 0. The van der Waals surface area contributed by atoms with E-state index < -0.39 is 5.97 Å². The molecule has 0 radical (unpaired) electrons. The molecule has 2 aromatic rings. The summed E-state index contributed by atoms with van der Waals surface area (Å²) in [6, 6.07) is 4.61. The summed E-state index contributed by atoms with van der Waals surface area (Å²) in [6.45, 7) is 3.90. The minimum atomic E-state index is -0.423. The lowest BCUT2D eigenvalue weighted by molar-refractivity contribution is 0.0527. The SMILES string of the molecule is CCOC(=O)c1cncc2c1N=C(c1ccc(F)cc1C)C2. The number of nitrogens with zero attached hydrogens (tertiary/aromatic N) is 2. The van der Waals surface area contributed by atoms with Crippen LogP contribution in [0.25, 0.3) is 0 Å². The van der Waals surface area contributed by atoms with E-state index in [-0.39, 0.29) is 5.82 Å². The molecule has 112 valence electrons. The van der Waals surface area contributed by atoms with Crippen molar-refractivity contribution >= 4 is 17.4 Å². The Morgan fingerprint density at radius 1 is 1.36 bits per heavy atom. The van der Waals surface area contributed by atoms with Crippen molar-refractivity contribution in [3.63, 3.8) is 0 Å². The molecule has 1 aromatic carbocycles. The van der Waals surface area contributed by atoms with Gasteiger partial charge in [0.1, 0.15) is 11.4 Å². The number of ether oxygens (including phenoxy) is 1. The molecular weight excluding hydrogens is 283 g/mol. The number of hydrogen-bond acceptors (Lipinski definition) is 4. The van der Waals surface area contributed by atoms with Gasteiger partial charge in [-0.1, -0.05) is 0 Å². The van der Waals surface area contributed by atoms with Crippen molar-refractivity contribution in [3.8, 4) is 0 Å². The number of rotatable bonds is 3. The zero-order valence-corrected chi connectivity index (χ0v) is 12.4. The number of halogens is 1. The molecule has 22 heavy (non-hydrogen) atoms. The van der Waals surface area contributed by atoms with Crippen molar-refractivity contribution in [3.05, 3.63) is 58.7 Å². The van der Waals surface area contributed by atoms with E-state index in [2.05, 4.69) is 9.98 Å². The van der Waals surface area contributed by atoms with Gasteiger partial charge in [-0.25, -0.2) is 9.18 Å². The molecular formula is C17H15FN2O2. The van der Waals surface area contributed by atoms with Gasteiger partial charge in [-0.05, 0) is 43.2 Å². The van der Waals surface area contributed by atoms with Gasteiger partial charge in [0.25, 0.3) is 0 Å². The van der Waals surface area contributed by atoms with E-state index in [1.165, 1.54) is 18.3 Å². The Labute approximate surface area is 127 Å². The number of pyridine rings is 1. The van der Waals surface area contributed by atoms with Gasteiger partial charge in [0.15, 0.2) is 0 Å². The van der Waals surface area contributed by atoms with E-state index in [1.807, 2.05) is 6.92 Å². The van der Waals surface area contributed by atoms with Crippen LogP contribution in [-0.2, 0) is 11.2 Å². The molecule has 3 rings (SSSR count). The lowest BCUT2D eigenvalue weighted by atomic mass is 10.0. The van der Waals surface area contributed by atoms with E-state index in [0.29, 0.717) is 24.3 Å². The molecule has 4 nitrogen and oxygen atoms in total. The van der Waals surface area contributed by atoms with Gasteiger partial charge in [0.2, 0.25) is 0 Å². The van der Waals surface area contributed by atoms with Crippen LogP contribution >= 0.6 is 0 Å². The third-order valence-electron chi connectivity index (χ3n) is 3.59. The van der Waals surface area contributed by atoms with E-state index >= 15 is 0 Å². The summed E-state index contributed by atoms with van der Waals surface area (Å²) in [5, 5.41) is 0. The summed E-state index contributed by atoms with van der Waals surface area (Å²) in [4.78, 5) is 20.6. The Kier molecular flexibility index (Phi) is 3.71. The number of aryl methyl sites for hydroxylation is 1. The molecule has 1 aliphatic heterocycles. The van der Waals surface area contributed by atoms with Crippen LogP contribution < -0.4 is 0 Å². The van der Waals surface area contributed by atoms with E-state index in [9.17, 15) is 9.18 Å². The highest BCUT2D eigenvalue weighted by molar-refractivity contribution is 6.10. The Bertz CT molecular complexity index is 784. The van der Waals surface area contributed by atoms with E-state index in [0.717, 1.165) is 22.4 Å². The second-order valence-corrected chi connectivity index (χ2v) is 5.11. The zero-order valence-electron chi connectivity index (χ0n) is 12.4. The summed E-state index contributed by atoms with van der Waals surface area (Å²) >= 11 is 0. The zero-order chi connectivity index (χ0) is 15.7. The minimum Gasteiger partial charge on any atom is -0.462 e. The molecule has 0 fully saturated rings. The Hall–Kier alpha value is -2.56. The van der Waals surface area contributed by atoms with Crippen molar-refractivity contribution in [2.45, 2.75) is 20.3 Å². The topological polar surface area (TPSA) is 51.5 Å². The fraction of sp³-hybridized carbons (Fsp3) is 0.235. The highest BCUT2D eigenvalue weighted by Gasteiger charge is 2.24. The average Bonchev–Trinajstić information content (AvgIpc) is 2.90. The molecule has 0 spiro atoms. The van der Waals surface area contributed by atoms with Crippen LogP contribution in [0.5, 0.6) is 0 Å². The van der Waals surface area contributed by atoms with Crippen molar-refractivity contribution in [1.29, 1.82) is 0 Å². The normalized spacial score (nSPS) is 12.8. The monoisotopic (exact) mass is 298 g/mol. The second-order valence-electron chi connectivity index (χ2n) is 5.11. The smallest absolute Gasteiger partial charge is 0.341 e. The van der Waals surface area contributed by atoms with E-state index in [4.69, 9.17) is 4.74 Å². The first-order valence-corrected chi connectivity index (χ1v) is 7.08. The molecule has 0 atom stereocenters. The third kappa shape index (κ3) is 2.50. The van der Waals surface area contributed by atoms with Crippen LogP contribution in [0.2, 0.25) is 0 Å². The number of fused-ring (bicyclic) bond motifs is 1. The third-order valence-corrected chi connectivity index (χ3v) is 3.59. The molecule has 0 bridgehead atoms. The number of carbonyl (C=O) groups excluding carboxylic acids is 1. The number of carbonyl (C=O) groups is 1. The molecule has 5 heteroatoms. The van der Waals surface area contributed by atoms with Crippen LogP contribution in [0.1, 0.15) is 34.0 Å². The summed E-state index contributed by atoms with van der Waals surface area (Å²) < 4.78 is 18.3. The predicted octanol–water partition coefficient (Wildman–Crippen LogP) is 3.38. The quantitative estimate of drug-likeness (QED) is 0.816. The lowest BCUT2D eigenvalue weighted by Crippen LogP contribution is -2.05. The summed E-state index contributed by atoms with van der Waals surface area (Å²) in [7, 11) is 0. The van der Waals surface area contributed by atoms with Crippen LogP contribution in [0.4, 0.5) is 10.1 Å². The largest absolute Gasteiger partial charge is 0.462 e. The molecule has 1 aliphatic rings. The van der Waals surface area contributed by atoms with E-state index in [1.54, 1.807) is 19.2 Å². The second kappa shape index (κ2) is 5.67. The average molecular weight is 298 g/mol. The van der Waals surface area contributed by atoms with Crippen molar-refractivity contribution in [2.75, 3.05) is 6.61 Å². The molecule has 0 saturated carbocycles. The van der Waals surface area contributed by atoms with Crippen LogP contribution in [0.15, 0.2) is 35.6 Å². The summed E-state index contributed by atoms with van der Waals surface area (Å²) in [6.07, 6.45) is 3.75. The van der Waals surface area contributed by atoms with Crippen molar-refractivity contribution in [2.24, 2.45) is 4.99 Å². The van der Waals surface area contributed by atoms with Gasteiger partial charge < -0.3 is 4.74 Å². The van der Waals surface area contributed by atoms with Crippen molar-refractivity contribution in [1.82, 2.24) is 4.98 Å². The number of benzene rings is 1. The highest BCUT2D eigenvalue weighted by atomic mass is 19.1. The first kappa shape index (κ1) is 14.4. The number of esters is 1. The highest BCUT2D eigenvalue weighted by Crippen LogP contribution is 2.32. The van der Waals surface area contributed by atoms with Gasteiger partial charge in [0, 0.05) is 24.4 Å². The summed E-state index contributed by atoms with van der Waals surface area (Å²) in [5.41, 5.74) is 4.36. The molecule has 1 aromatic heterocycles. The van der Waals surface area contributed by atoms with Gasteiger partial charge in [-0.2, -0.15) is 0 Å². The maximum Gasteiger partial charge on any atom is 0.341 e. The minimum absolute atomic E-state index is 0.272. The Balaban J connectivity index is 2.02. The van der Waals surface area contributed by atoms with Gasteiger partial charge in [-0.3, -0.25) is 9.98 Å². The molecule has 0 aliphatic carbocycles. The lowest BCUT2D eigenvalue weighted by Gasteiger charge is -2.04. The number of aliphatic imine (C=N–C) groups is 1. The van der Waals surface area contributed by atoms with Crippen LogP contribution in [-0.4, -0.2) is 23.3 Å². The molecule has 0 unspecified atom stereocenters. The molecule has 0 N–H and O–H groups in total. The standard InChI is InChI=1S/C17H15FN2O2/c1-3-22-17(21)14-9-19-8-11-7-15(20-16(11)14)13-5-4-12(18)6-10(13)2/h4-6,8-9H,3,7H2,1-2H3. The Morgan fingerprint density at radius 3 is 2.91 bits per heavy atom. The predicted molar refractivity (Wildman–Crippen MR) is 81.2 cm³/mol. The van der Waals surface area contributed by atoms with Crippen molar-refractivity contribution < 1.29 is 13.9 Å².